The van der Waals surface area contributed by atoms with Gasteiger partial charge in [-0.2, -0.15) is 0 Å². The number of hydrogen-bond donors (Lipinski definition) is 4. The summed E-state index contributed by atoms with van der Waals surface area (Å²) in [4.78, 5) is 6.62. The summed E-state index contributed by atoms with van der Waals surface area (Å²) in [6.07, 6.45) is 0. The van der Waals surface area contributed by atoms with Crippen LogP contribution in [0.1, 0.15) is 5.56 Å². The van der Waals surface area contributed by atoms with Gasteiger partial charge in [-0.3, -0.25) is 0 Å². The molecule has 0 aromatic heterocycles. The smallest absolute Gasteiger partial charge is 0.316 e. The van der Waals surface area contributed by atoms with Gasteiger partial charge in [0.25, 0.3) is 5.96 Å². The molecular weight excluding hydrogens is 214 g/mol. The minimum absolute atomic E-state index is 0. The van der Waals surface area contributed by atoms with Gasteiger partial charge in [0.2, 0.25) is 0 Å². The Kier molecular flexibility index (Phi) is 5.19. The van der Waals surface area contributed by atoms with E-state index in [4.69, 9.17) is 17.2 Å². The lowest BCUT2D eigenvalue weighted by Crippen LogP contribution is -3.00. The van der Waals surface area contributed by atoms with Gasteiger partial charge >= 0.3 is 5.96 Å². The first kappa shape index (κ1) is 13.2. The Morgan fingerprint density at radius 3 is 2.33 bits per heavy atom. The molecule has 1 rings (SSSR count). The lowest BCUT2D eigenvalue weighted by atomic mass is 10.2. The second-order valence-electron chi connectivity index (χ2n) is 2.86. The summed E-state index contributed by atoms with van der Waals surface area (Å²) in [5.74, 6) is 0.208. The molecule has 1 aromatic carbocycles. The van der Waals surface area contributed by atoms with Crippen LogP contribution in [0.4, 0.5) is 5.69 Å². The zero-order valence-electron chi connectivity index (χ0n) is 8.37. The fourth-order valence-corrected chi connectivity index (χ4v) is 0.994. The van der Waals surface area contributed by atoms with E-state index in [1.807, 2.05) is 31.2 Å². The Balaban J connectivity index is 0.00000196. The fraction of sp³-hybridized carbons (Fsp3) is 0.111. The van der Waals surface area contributed by atoms with Gasteiger partial charge in [0, 0.05) is 0 Å². The van der Waals surface area contributed by atoms with Crippen molar-refractivity contribution in [3.8, 4) is 0 Å². The van der Waals surface area contributed by atoms with Crippen LogP contribution >= 0.6 is 0 Å². The predicted molar refractivity (Wildman–Crippen MR) is 56.8 cm³/mol. The van der Waals surface area contributed by atoms with E-state index in [1.165, 1.54) is 0 Å². The molecule has 7 N–H and O–H groups in total. The topological polar surface area (TPSA) is 104 Å². The molecule has 0 fully saturated rings. The maximum Gasteiger partial charge on any atom is 0.316 e. The quantitative estimate of drug-likeness (QED) is 0.286. The van der Waals surface area contributed by atoms with Gasteiger partial charge in [-0.05, 0) is 18.6 Å². The van der Waals surface area contributed by atoms with Gasteiger partial charge in [-0.25, -0.2) is 4.99 Å². The molecule has 0 aliphatic heterocycles. The molecule has 0 bridgehead atoms. The molecule has 5 nitrogen and oxygen atoms in total. The van der Waals surface area contributed by atoms with E-state index in [1.54, 1.807) is 0 Å². The third-order valence-electron chi connectivity index (χ3n) is 1.63. The molecule has 0 saturated carbocycles. The van der Waals surface area contributed by atoms with Crippen LogP contribution in [0.3, 0.4) is 0 Å². The molecule has 0 spiro atoms. The Bertz CT molecular complexity index is 382. The molecule has 0 heterocycles. The van der Waals surface area contributed by atoms with Crippen molar-refractivity contribution in [2.75, 3.05) is 0 Å². The molecule has 0 amide bonds. The zero-order valence-corrected chi connectivity index (χ0v) is 9.12. The minimum Gasteiger partial charge on any atom is -1.00 e. The van der Waals surface area contributed by atoms with Crippen LogP contribution in [0, 0.1) is 6.92 Å². The normalized spacial score (nSPS) is 10.3. The lowest BCUT2D eigenvalue weighted by Gasteiger charge is -1.95. The number of nitrogens with zero attached hydrogens (tertiary/aromatic N) is 1. The van der Waals surface area contributed by atoms with Crippen LogP contribution in [0.2, 0.25) is 0 Å². The average molecular weight is 228 g/mol. The van der Waals surface area contributed by atoms with E-state index in [-0.39, 0.29) is 24.3 Å². The molecule has 0 saturated heterocycles. The number of nitrogens with two attached hydrogens (primary N) is 3. The largest absolute Gasteiger partial charge is 1.00 e. The molecule has 0 aliphatic rings. The number of rotatable bonds is 1. The van der Waals surface area contributed by atoms with Crippen LogP contribution in [0.15, 0.2) is 29.3 Å². The third-order valence-corrected chi connectivity index (χ3v) is 1.63. The Morgan fingerprint density at radius 2 is 1.80 bits per heavy atom. The molecule has 0 aliphatic carbocycles. The van der Waals surface area contributed by atoms with E-state index in [2.05, 4.69) is 9.98 Å². The first-order valence-corrected chi connectivity index (χ1v) is 4.14. The maximum atomic E-state index is 5.53. The summed E-state index contributed by atoms with van der Waals surface area (Å²) in [6, 6.07) is 7.62. The maximum absolute atomic E-state index is 5.53. The van der Waals surface area contributed by atoms with Crippen molar-refractivity contribution in [3.05, 3.63) is 29.8 Å². The van der Waals surface area contributed by atoms with Gasteiger partial charge in [0.1, 0.15) is 5.69 Å². The number of benzene rings is 1. The zero-order chi connectivity index (χ0) is 10.6. The van der Waals surface area contributed by atoms with Crippen molar-refractivity contribution >= 4 is 17.6 Å². The van der Waals surface area contributed by atoms with E-state index < -0.39 is 0 Å². The van der Waals surface area contributed by atoms with Gasteiger partial charge in [-0.15, -0.1) is 4.99 Å². The molecule has 0 atom stereocenters. The number of aliphatic imine (C=N–C) groups is 1. The number of hydrogen-bond acceptors (Lipinski definition) is 1. The van der Waals surface area contributed by atoms with Gasteiger partial charge in [-0.1, -0.05) is 18.2 Å². The summed E-state index contributed by atoms with van der Waals surface area (Å²) in [6.45, 7) is 1.95. The first-order valence-electron chi connectivity index (χ1n) is 4.14. The summed E-state index contributed by atoms with van der Waals surface area (Å²) in [5.41, 5.74) is 17.8. The highest BCUT2D eigenvalue weighted by molar-refractivity contribution is 5.79. The first-order chi connectivity index (χ1) is 6.59. The van der Waals surface area contributed by atoms with Crippen molar-refractivity contribution in [2.45, 2.75) is 6.92 Å². The summed E-state index contributed by atoms with van der Waals surface area (Å²) >= 11 is 0. The fourth-order valence-electron chi connectivity index (χ4n) is 0.994. The second kappa shape index (κ2) is 5.87. The third kappa shape index (κ3) is 4.33. The molecule has 82 valence electrons. The number of nitrogens with one attached hydrogen (secondary N) is 1. The van der Waals surface area contributed by atoms with Gasteiger partial charge in [0.05, 0.1) is 0 Å². The van der Waals surface area contributed by atoms with Crippen molar-refractivity contribution in [3.63, 3.8) is 0 Å². The van der Waals surface area contributed by atoms with Crippen LogP contribution in [0.5, 0.6) is 0 Å². The molecule has 15 heavy (non-hydrogen) atoms. The number of halogens is 1. The van der Waals surface area contributed by atoms with E-state index in [9.17, 15) is 0 Å². The molecular formula is C9H14ClN5. The van der Waals surface area contributed by atoms with Crippen LogP contribution in [-0.4, -0.2) is 11.9 Å². The molecule has 6 heteroatoms. The highest BCUT2D eigenvalue weighted by atomic mass is 35.5. The lowest BCUT2D eigenvalue weighted by molar-refractivity contribution is -0.320. The molecule has 0 unspecified atom stereocenters. The van der Waals surface area contributed by atoms with Crippen molar-refractivity contribution in [1.29, 1.82) is 0 Å². The summed E-state index contributed by atoms with van der Waals surface area (Å²) in [7, 11) is 0. The Labute approximate surface area is 94.5 Å². The molecule has 0 radical (unpaired) electrons. The predicted octanol–water partition coefficient (Wildman–Crippen LogP) is -4.70. The Morgan fingerprint density at radius 1 is 1.20 bits per heavy atom. The highest BCUT2D eigenvalue weighted by Crippen LogP contribution is 2.15. The van der Waals surface area contributed by atoms with Crippen LogP contribution < -0.4 is 34.6 Å². The van der Waals surface area contributed by atoms with Gasteiger partial charge < -0.3 is 29.6 Å². The Hall–Kier alpha value is -1.75. The van der Waals surface area contributed by atoms with Crippen LogP contribution in [-0.2, 0) is 0 Å². The summed E-state index contributed by atoms with van der Waals surface area (Å²) < 4.78 is 0. The summed E-state index contributed by atoms with van der Waals surface area (Å²) in [5, 5.41) is 0. The number of guanidine groups is 2. The van der Waals surface area contributed by atoms with Crippen molar-refractivity contribution in [2.24, 2.45) is 22.2 Å². The van der Waals surface area contributed by atoms with Crippen LogP contribution in [0.25, 0.3) is 0 Å². The minimum atomic E-state index is 0. The van der Waals surface area contributed by atoms with Gasteiger partial charge in [0.15, 0.2) is 0 Å². The second-order valence-corrected chi connectivity index (χ2v) is 2.86. The standard InChI is InChI=1S/C9H13N5.ClH/c1-6-4-2-3-5-7(6)13-9(12)14-8(10)11;/h2-5H,1H3,(H6,10,11,12,13,14);1H. The SMILES string of the molecule is Cc1ccccc1N=C(N)[NH+]=C(N)N.[Cl-]. The van der Waals surface area contributed by atoms with E-state index >= 15 is 0 Å². The number of para-hydroxylation sites is 1. The van der Waals surface area contributed by atoms with Crippen molar-refractivity contribution in [1.82, 2.24) is 0 Å². The highest BCUT2D eigenvalue weighted by Gasteiger charge is 1.99. The monoisotopic (exact) mass is 227 g/mol. The van der Waals surface area contributed by atoms with Crippen molar-refractivity contribution < 1.29 is 17.4 Å². The number of aryl methyl sites for hydroxylation is 1. The molecule has 1 aromatic rings. The van der Waals surface area contributed by atoms with E-state index in [0.717, 1.165) is 11.3 Å². The van der Waals surface area contributed by atoms with E-state index in [0.29, 0.717) is 0 Å². The average Bonchev–Trinajstić information content (AvgIpc) is 2.07.